The van der Waals surface area contributed by atoms with E-state index in [0.29, 0.717) is 0 Å². The molecule has 0 N–H and O–H groups in total. The monoisotopic (exact) mass is 556 g/mol. The molecule has 1 unspecified atom stereocenters. The van der Waals surface area contributed by atoms with E-state index in [-0.39, 0.29) is 6.42 Å². The summed E-state index contributed by atoms with van der Waals surface area (Å²) in [6.45, 7) is 0.734. The fourth-order valence-electron chi connectivity index (χ4n) is 3.67. The molecule has 0 nitrogen and oxygen atoms in total. The van der Waals surface area contributed by atoms with Crippen molar-refractivity contribution in [3.05, 3.63) is 12.2 Å². The first-order valence-corrected chi connectivity index (χ1v) is 9.63. The summed E-state index contributed by atoms with van der Waals surface area (Å²) in [6, 6.07) is 0. The van der Waals surface area contributed by atoms with Gasteiger partial charge >= 0.3 is 47.6 Å². The van der Waals surface area contributed by atoms with Crippen LogP contribution in [0, 0.1) is 5.41 Å². The molecule has 0 saturated heterocycles. The van der Waals surface area contributed by atoms with Gasteiger partial charge in [0.1, 0.15) is 0 Å². The fourth-order valence-corrected chi connectivity index (χ4v) is 3.67. The topological polar surface area (TPSA) is 0 Å². The Hall–Kier alpha value is -1.45. The minimum atomic E-state index is -8.59. The molecule has 1 aliphatic carbocycles. The van der Waals surface area contributed by atoms with Crippen LogP contribution in [0.25, 0.3) is 0 Å². The average molecular weight is 556 g/mol. The normalized spacial score (nSPS) is 22.7. The van der Waals surface area contributed by atoms with Gasteiger partial charge in [-0.15, -0.1) is 0 Å². The van der Waals surface area contributed by atoms with Crippen molar-refractivity contribution in [2.24, 2.45) is 5.41 Å². The van der Waals surface area contributed by atoms with Crippen molar-refractivity contribution >= 4 is 0 Å². The van der Waals surface area contributed by atoms with Gasteiger partial charge in [-0.2, -0.15) is 74.6 Å². The third-order valence-electron chi connectivity index (χ3n) is 6.05. The summed E-state index contributed by atoms with van der Waals surface area (Å²) in [4.78, 5) is 0. The van der Waals surface area contributed by atoms with Crippen molar-refractivity contribution in [1.82, 2.24) is 0 Å². The molecule has 0 heterocycles. The lowest BCUT2D eigenvalue weighted by Gasteiger charge is -2.48. The summed E-state index contributed by atoms with van der Waals surface area (Å²) in [6.07, 6.45) is -9.52. The molecule has 17 heteroatoms. The molecule has 0 amide bonds. The largest absolute Gasteiger partial charge is 0.460 e. The smallest absolute Gasteiger partial charge is 0.199 e. The van der Waals surface area contributed by atoms with E-state index in [4.69, 9.17) is 0 Å². The van der Waals surface area contributed by atoms with Gasteiger partial charge in [0.25, 0.3) is 0 Å². The van der Waals surface area contributed by atoms with Crippen molar-refractivity contribution in [3.63, 3.8) is 0 Å². The Morgan fingerprint density at radius 3 is 1.29 bits per heavy atom. The van der Waals surface area contributed by atoms with Gasteiger partial charge < -0.3 is 0 Å². The molecule has 0 aromatic rings. The van der Waals surface area contributed by atoms with Gasteiger partial charge in [-0.25, -0.2) is 0 Å². The molecule has 1 rings (SSSR count). The molecule has 0 spiro atoms. The molecular formula is C18H17F17. The van der Waals surface area contributed by atoms with Crippen LogP contribution < -0.4 is 0 Å². The molecule has 0 aliphatic heterocycles. The second kappa shape index (κ2) is 8.84. The maximum absolute atomic E-state index is 14.8. The number of halogens is 17. The van der Waals surface area contributed by atoms with Crippen LogP contribution in [-0.4, -0.2) is 47.6 Å². The first kappa shape index (κ1) is 31.6. The van der Waals surface area contributed by atoms with Crippen molar-refractivity contribution in [3.8, 4) is 0 Å². The van der Waals surface area contributed by atoms with Crippen LogP contribution in [0.1, 0.15) is 45.4 Å². The zero-order valence-corrected chi connectivity index (χ0v) is 17.3. The van der Waals surface area contributed by atoms with E-state index in [1.807, 2.05) is 0 Å². The van der Waals surface area contributed by atoms with E-state index >= 15 is 0 Å². The molecule has 1 aliphatic rings. The summed E-state index contributed by atoms with van der Waals surface area (Å²) < 4.78 is 230. The van der Waals surface area contributed by atoms with E-state index in [1.54, 1.807) is 0 Å². The standard InChI is InChI=1S/C18H17F17/c1-2-10(8-6-4-3-5-7-9-10)11(19,20)12(21,22)13(23,24)14(25,26)15(27,28)16(29,30)17(31,32)18(33,34)35/h3-4H,2,5-9H2,1H3. The fraction of sp³-hybridized carbons (Fsp3) is 0.889. The number of rotatable bonds is 8. The Bertz CT molecular complexity index is 776. The Labute approximate surface area is 186 Å². The van der Waals surface area contributed by atoms with Crippen molar-refractivity contribution in [2.45, 2.75) is 93.1 Å². The molecule has 0 fully saturated rings. The third-order valence-corrected chi connectivity index (χ3v) is 6.05. The molecular weight excluding hydrogens is 539 g/mol. The molecule has 0 aromatic heterocycles. The summed E-state index contributed by atoms with van der Waals surface area (Å²) in [5.74, 6) is -55.9. The minimum Gasteiger partial charge on any atom is -0.199 e. The van der Waals surface area contributed by atoms with Gasteiger partial charge in [0.15, 0.2) is 0 Å². The number of alkyl halides is 17. The van der Waals surface area contributed by atoms with Crippen LogP contribution >= 0.6 is 0 Å². The maximum atomic E-state index is 14.8. The van der Waals surface area contributed by atoms with Crippen molar-refractivity contribution in [2.75, 3.05) is 0 Å². The highest BCUT2D eigenvalue weighted by molar-refractivity contribution is 5.17. The van der Waals surface area contributed by atoms with Gasteiger partial charge in [0.2, 0.25) is 0 Å². The SMILES string of the molecule is CCC1(C(F)(F)C(F)(F)C(F)(F)C(F)(F)C(F)(F)C(F)(F)C(F)(F)C(F)(F)F)CCC=CCCC1. The summed E-state index contributed by atoms with van der Waals surface area (Å²) >= 11 is 0. The van der Waals surface area contributed by atoms with Crippen LogP contribution in [-0.2, 0) is 0 Å². The predicted molar refractivity (Wildman–Crippen MR) is 85.6 cm³/mol. The predicted octanol–water partition coefficient (Wildman–Crippen LogP) is 8.91. The van der Waals surface area contributed by atoms with Crippen LogP contribution in [0.2, 0.25) is 0 Å². The first-order valence-electron chi connectivity index (χ1n) is 9.63. The highest BCUT2D eigenvalue weighted by atomic mass is 19.4. The lowest BCUT2D eigenvalue weighted by atomic mass is 9.67. The number of hydrogen-bond acceptors (Lipinski definition) is 0. The van der Waals surface area contributed by atoms with Gasteiger partial charge in [-0.3, -0.25) is 0 Å². The van der Waals surface area contributed by atoms with Gasteiger partial charge in [0, 0.05) is 5.41 Å². The molecule has 208 valence electrons. The van der Waals surface area contributed by atoms with Crippen molar-refractivity contribution < 1.29 is 74.6 Å². The van der Waals surface area contributed by atoms with Crippen LogP contribution in [0.15, 0.2) is 12.2 Å². The van der Waals surface area contributed by atoms with Gasteiger partial charge in [0.05, 0.1) is 0 Å². The summed E-state index contributed by atoms with van der Waals surface area (Å²) in [5.41, 5.74) is -3.28. The lowest BCUT2D eigenvalue weighted by Crippen LogP contribution is -2.75. The lowest BCUT2D eigenvalue weighted by molar-refractivity contribution is -0.466. The van der Waals surface area contributed by atoms with E-state index in [9.17, 15) is 74.6 Å². The average Bonchev–Trinajstić information content (AvgIpc) is 2.66. The highest BCUT2D eigenvalue weighted by Gasteiger charge is 2.95. The van der Waals surface area contributed by atoms with Gasteiger partial charge in [-0.1, -0.05) is 19.1 Å². The summed E-state index contributed by atoms with van der Waals surface area (Å²) in [5, 5.41) is 0. The number of allylic oxidation sites excluding steroid dienone is 2. The Kier molecular flexibility index (Phi) is 7.97. The van der Waals surface area contributed by atoms with Crippen LogP contribution in [0.5, 0.6) is 0 Å². The molecule has 0 bridgehead atoms. The second-order valence-electron chi connectivity index (χ2n) is 8.05. The van der Waals surface area contributed by atoms with E-state index in [2.05, 4.69) is 0 Å². The Balaban J connectivity index is 3.73. The minimum absolute atomic E-state index is 0.0766. The van der Waals surface area contributed by atoms with E-state index in [0.717, 1.165) is 13.0 Å². The van der Waals surface area contributed by atoms with Gasteiger partial charge in [-0.05, 0) is 38.5 Å². The van der Waals surface area contributed by atoms with Crippen LogP contribution in [0.3, 0.4) is 0 Å². The van der Waals surface area contributed by atoms with E-state index in [1.165, 1.54) is 6.08 Å². The van der Waals surface area contributed by atoms with Crippen LogP contribution in [0.4, 0.5) is 74.6 Å². The molecule has 35 heavy (non-hydrogen) atoms. The first-order chi connectivity index (χ1) is 15.3. The molecule has 0 saturated carbocycles. The highest BCUT2D eigenvalue weighted by Crippen LogP contribution is 2.66. The zero-order chi connectivity index (χ0) is 28.2. The Morgan fingerprint density at radius 1 is 0.514 bits per heavy atom. The molecule has 1 atom stereocenters. The zero-order valence-electron chi connectivity index (χ0n) is 17.3. The molecule has 0 radical (unpaired) electrons. The van der Waals surface area contributed by atoms with E-state index < -0.39 is 85.2 Å². The quantitative estimate of drug-likeness (QED) is 0.207. The van der Waals surface area contributed by atoms with Crippen molar-refractivity contribution in [1.29, 1.82) is 0 Å². The maximum Gasteiger partial charge on any atom is 0.460 e. The second-order valence-corrected chi connectivity index (χ2v) is 8.05. The number of hydrogen-bond donors (Lipinski definition) is 0. The Morgan fingerprint density at radius 2 is 0.886 bits per heavy atom. The molecule has 0 aromatic carbocycles. The summed E-state index contributed by atoms with van der Waals surface area (Å²) in [7, 11) is 0. The third kappa shape index (κ3) is 4.15.